The molecule has 3 heterocycles. The maximum atomic E-state index is 13.5. The lowest BCUT2D eigenvalue weighted by molar-refractivity contribution is -0.121. The molecule has 4 amide bonds. The third-order valence-corrected chi connectivity index (χ3v) is 14.7. The third kappa shape index (κ3) is 9.09. The van der Waals surface area contributed by atoms with Crippen molar-refractivity contribution in [2.24, 2.45) is 0 Å². The number of rotatable bonds is 17. The summed E-state index contributed by atoms with van der Waals surface area (Å²) in [6, 6.07) is 45.0. The Morgan fingerprint density at radius 3 is 1.67 bits per heavy atom. The molecule has 0 aliphatic carbocycles. The molecule has 5 aromatic carbocycles. The summed E-state index contributed by atoms with van der Waals surface area (Å²) in [5.41, 5.74) is 2.68. The second kappa shape index (κ2) is 19.8. The highest BCUT2D eigenvalue weighted by molar-refractivity contribution is 9.11. The number of urea groups is 1. The molecule has 3 fully saturated rings. The summed E-state index contributed by atoms with van der Waals surface area (Å²) in [5.74, 6) is 0.843. The van der Waals surface area contributed by atoms with Crippen LogP contribution in [0, 0.1) is 0 Å². The number of benzene rings is 5. The van der Waals surface area contributed by atoms with Crippen LogP contribution in [0.1, 0.15) is 77.6 Å². The third-order valence-electron chi connectivity index (χ3n) is 11.9. The molecule has 3 aliphatic rings. The molecular weight excluding hydrogens is 915 g/mol. The van der Waals surface area contributed by atoms with E-state index in [0.717, 1.165) is 72.0 Å². The van der Waals surface area contributed by atoms with Crippen LogP contribution >= 0.6 is 43.6 Å². The van der Waals surface area contributed by atoms with Crippen LogP contribution in [0.25, 0.3) is 0 Å². The molecule has 4 N–H and O–H groups in total. The zero-order chi connectivity index (χ0) is 42.2. The van der Waals surface area contributed by atoms with E-state index in [4.69, 9.17) is 9.31 Å². The normalized spacial score (nSPS) is 19.8. The van der Waals surface area contributed by atoms with Gasteiger partial charge < -0.3 is 30.6 Å². The van der Waals surface area contributed by atoms with Crippen LogP contribution in [-0.4, -0.2) is 61.1 Å². The van der Waals surface area contributed by atoms with Crippen LogP contribution in [0.4, 0.5) is 4.79 Å². The molecule has 8 rings (SSSR count). The van der Waals surface area contributed by atoms with Crippen LogP contribution < -0.4 is 26.7 Å². The van der Waals surface area contributed by atoms with Crippen LogP contribution in [0.2, 0.25) is 0 Å². The van der Waals surface area contributed by atoms with Gasteiger partial charge in [0.25, 0.3) is 5.91 Å². The number of carbonyl (C=O) groups excluding carboxylic acids is 3. The average molecular weight is 965 g/mol. The standard InChI is InChI=1S/C48H49BBr2N4O5S/c50-38-30-33(45(57)53-29-17-5-16-28-52-42(56)27-15-14-26-41-44-40(32-61-41)54-46(58)55-44)31-39(51)43(38)49-59-47(34-18-6-1-7-19-34,35-20-8-2-9-21-35)48(60-49,36-22-10-3-11-23-36)37-24-12-4-13-25-37/h1-4,6-13,18-25,30-31,40-41,44H,5,14-17,26-29,32H2,(H,52,56)(H,53,57)(H2,54,55,58)/t40-,41-,44-/m0/s1. The summed E-state index contributed by atoms with van der Waals surface area (Å²) in [6.45, 7) is 1.13. The minimum atomic E-state index is -1.14. The minimum Gasteiger partial charge on any atom is -0.390 e. The lowest BCUT2D eigenvalue weighted by atomic mass is 9.66. The Bertz CT molecular complexity index is 2100. The first-order valence-electron chi connectivity index (χ1n) is 21.1. The Kier molecular flexibility index (Phi) is 14.0. The van der Waals surface area contributed by atoms with Crippen molar-refractivity contribution in [3.8, 4) is 0 Å². The summed E-state index contributed by atoms with van der Waals surface area (Å²) in [5, 5.41) is 12.5. The zero-order valence-electron chi connectivity index (χ0n) is 33.8. The van der Waals surface area contributed by atoms with Gasteiger partial charge in [0.2, 0.25) is 5.91 Å². The van der Waals surface area contributed by atoms with Crippen LogP contribution in [0.5, 0.6) is 0 Å². The van der Waals surface area contributed by atoms with E-state index >= 15 is 0 Å². The molecule has 0 radical (unpaired) electrons. The number of halogens is 2. The summed E-state index contributed by atoms with van der Waals surface area (Å²) < 4.78 is 16.3. The van der Waals surface area contributed by atoms with E-state index in [1.54, 1.807) is 0 Å². The lowest BCUT2D eigenvalue weighted by Crippen LogP contribution is -2.48. The molecule has 0 bridgehead atoms. The van der Waals surface area contributed by atoms with Crippen LogP contribution in [0.3, 0.4) is 0 Å². The Hall–Kier alpha value is -4.40. The summed E-state index contributed by atoms with van der Waals surface area (Å²) in [7, 11) is -0.874. The van der Waals surface area contributed by atoms with Gasteiger partial charge in [0.05, 0.1) is 12.1 Å². The van der Waals surface area contributed by atoms with Crippen molar-refractivity contribution in [1.29, 1.82) is 0 Å². The fraction of sp³-hybridized carbons (Fsp3) is 0.312. The molecule has 3 saturated heterocycles. The molecular formula is C48H49BBr2N4O5S. The van der Waals surface area contributed by atoms with Crippen LogP contribution in [0.15, 0.2) is 142 Å². The van der Waals surface area contributed by atoms with Gasteiger partial charge in [-0.3, -0.25) is 9.59 Å². The van der Waals surface area contributed by atoms with Gasteiger partial charge in [-0.25, -0.2) is 4.79 Å². The summed E-state index contributed by atoms with van der Waals surface area (Å²) in [4.78, 5) is 37.5. The van der Waals surface area contributed by atoms with E-state index in [9.17, 15) is 14.4 Å². The number of carbonyl (C=O) groups is 3. The Balaban J connectivity index is 0.906. The van der Waals surface area contributed by atoms with Crippen LogP contribution in [-0.2, 0) is 25.3 Å². The zero-order valence-corrected chi connectivity index (χ0v) is 37.8. The monoisotopic (exact) mass is 962 g/mol. The van der Waals surface area contributed by atoms with E-state index in [1.165, 1.54) is 0 Å². The summed E-state index contributed by atoms with van der Waals surface area (Å²) >= 11 is 9.55. The topological polar surface area (TPSA) is 118 Å². The number of hydrogen-bond acceptors (Lipinski definition) is 6. The van der Waals surface area contributed by atoms with Gasteiger partial charge >= 0.3 is 13.1 Å². The van der Waals surface area contributed by atoms with Crippen molar-refractivity contribution in [3.05, 3.63) is 170 Å². The van der Waals surface area contributed by atoms with Gasteiger partial charge in [-0.1, -0.05) is 160 Å². The fourth-order valence-corrected chi connectivity index (χ4v) is 12.1. The number of nitrogens with one attached hydrogen (secondary N) is 4. The van der Waals surface area contributed by atoms with Crippen molar-refractivity contribution in [1.82, 2.24) is 21.3 Å². The van der Waals surface area contributed by atoms with Crippen molar-refractivity contribution in [2.45, 2.75) is 73.5 Å². The molecule has 61 heavy (non-hydrogen) atoms. The first-order valence-corrected chi connectivity index (χ1v) is 23.7. The Morgan fingerprint density at radius 2 is 1.16 bits per heavy atom. The number of hydrogen-bond donors (Lipinski definition) is 4. The first kappa shape index (κ1) is 43.3. The van der Waals surface area contributed by atoms with E-state index in [2.05, 4.69) is 102 Å². The second-order valence-electron chi connectivity index (χ2n) is 15.8. The predicted molar refractivity (Wildman–Crippen MR) is 250 cm³/mol. The second-order valence-corrected chi connectivity index (χ2v) is 18.8. The Labute approximate surface area is 379 Å². The van der Waals surface area contributed by atoms with Gasteiger partial charge in [0.1, 0.15) is 11.2 Å². The molecule has 0 unspecified atom stereocenters. The molecule has 314 valence electrons. The predicted octanol–water partition coefficient (Wildman–Crippen LogP) is 8.58. The maximum absolute atomic E-state index is 13.5. The lowest BCUT2D eigenvalue weighted by Gasteiger charge is -2.46. The van der Waals surface area contributed by atoms with E-state index < -0.39 is 18.3 Å². The SMILES string of the molecule is O=C(CCCC[C@@H]1SC[C@@H]2NC(=O)N[C@@H]21)NCCCCCNC(=O)c1cc(Br)c(B2OC(c3ccccc3)(c3ccccc3)C(c3ccccc3)(c3ccccc3)O2)c(Br)c1. The molecule has 0 aromatic heterocycles. The molecule has 0 spiro atoms. The number of amides is 4. The van der Waals surface area contributed by atoms with Gasteiger partial charge in [-0.2, -0.15) is 11.8 Å². The molecule has 0 saturated carbocycles. The highest BCUT2D eigenvalue weighted by Gasteiger charge is 2.66. The van der Waals surface area contributed by atoms with Crippen molar-refractivity contribution < 1.29 is 23.7 Å². The highest BCUT2D eigenvalue weighted by Crippen LogP contribution is 2.59. The quantitative estimate of drug-likeness (QED) is 0.0422. The van der Waals surface area contributed by atoms with Gasteiger partial charge in [0, 0.05) is 50.5 Å². The molecule has 13 heteroatoms. The van der Waals surface area contributed by atoms with E-state index in [1.807, 2.05) is 96.7 Å². The van der Waals surface area contributed by atoms with Gasteiger partial charge in [-0.05, 0) is 66.5 Å². The van der Waals surface area contributed by atoms with Crippen molar-refractivity contribution in [2.75, 3.05) is 18.8 Å². The smallest absolute Gasteiger partial charge is 0.390 e. The number of unbranched alkanes of at least 4 members (excludes halogenated alkanes) is 3. The van der Waals surface area contributed by atoms with E-state index in [-0.39, 0.29) is 29.9 Å². The molecule has 3 atom stereocenters. The van der Waals surface area contributed by atoms with Crippen molar-refractivity contribution in [3.63, 3.8) is 0 Å². The Morgan fingerprint density at radius 1 is 0.672 bits per heavy atom. The molecule has 3 aliphatic heterocycles. The minimum absolute atomic E-state index is 0.0645. The van der Waals surface area contributed by atoms with Gasteiger partial charge in [-0.15, -0.1) is 0 Å². The first-order chi connectivity index (χ1) is 29.8. The fourth-order valence-electron chi connectivity index (χ4n) is 9.00. The largest absolute Gasteiger partial charge is 0.498 e. The molecule has 5 aromatic rings. The summed E-state index contributed by atoms with van der Waals surface area (Å²) in [6.07, 6.45) is 5.82. The van der Waals surface area contributed by atoms with E-state index in [0.29, 0.717) is 39.3 Å². The van der Waals surface area contributed by atoms with Gasteiger partial charge in [0.15, 0.2) is 0 Å². The molecule has 9 nitrogen and oxygen atoms in total. The number of fused-ring (bicyclic) bond motifs is 1. The highest BCUT2D eigenvalue weighted by atomic mass is 79.9. The van der Waals surface area contributed by atoms with Crippen molar-refractivity contribution >= 4 is 74.0 Å². The average Bonchev–Trinajstić information content (AvgIpc) is 3.97. The number of thioether (sulfide) groups is 1. The maximum Gasteiger partial charge on any atom is 0.498 e.